The molecule has 0 unspecified atom stereocenters. The minimum absolute atomic E-state index is 0.320. The number of anilines is 1. The zero-order valence-corrected chi connectivity index (χ0v) is 9.92. The lowest BCUT2D eigenvalue weighted by Gasteiger charge is -2.25. The molecule has 2 rings (SSSR count). The van der Waals surface area contributed by atoms with E-state index < -0.39 is 6.09 Å². The van der Waals surface area contributed by atoms with E-state index in [2.05, 4.69) is 4.99 Å². The van der Waals surface area contributed by atoms with Gasteiger partial charge in [-0.05, 0) is 19.1 Å². The van der Waals surface area contributed by atoms with Gasteiger partial charge in [-0.15, -0.1) is 0 Å². The molecule has 0 saturated heterocycles. The molecule has 0 atom stereocenters. The Balaban J connectivity index is 2.45. The second-order valence-electron chi connectivity index (χ2n) is 3.62. The Morgan fingerprint density at radius 1 is 1.56 bits per heavy atom. The van der Waals surface area contributed by atoms with Gasteiger partial charge in [-0.25, -0.2) is 9.59 Å². The third kappa shape index (κ3) is 2.17. The maximum absolute atomic E-state index is 11.8. The first-order valence-electron chi connectivity index (χ1n) is 5.59. The van der Waals surface area contributed by atoms with Crippen molar-refractivity contribution in [3.05, 3.63) is 29.8 Å². The second kappa shape index (κ2) is 5.29. The first-order chi connectivity index (χ1) is 8.77. The number of rotatable bonds is 2. The lowest BCUT2D eigenvalue weighted by Crippen LogP contribution is -2.33. The molecule has 92 valence electrons. The summed E-state index contributed by atoms with van der Waals surface area (Å²) >= 11 is 0. The van der Waals surface area contributed by atoms with Crippen LogP contribution in [-0.4, -0.2) is 25.3 Å². The quantitative estimate of drug-likeness (QED) is 0.593. The van der Waals surface area contributed by atoms with Gasteiger partial charge in [-0.2, -0.15) is 4.99 Å². The van der Waals surface area contributed by atoms with Crippen molar-refractivity contribution in [1.29, 1.82) is 0 Å². The van der Waals surface area contributed by atoms with Gasteiger partial charge in [0.1, 0.15) is 0 Å². The Kier molecular flexibility index (Phi) is 3.55. The topological polar surface area (TPSA) is 59.0 Å². The molecule has 0 bridgehead atoms. The van der Waals surface area contributed by atoms with Gasteiger partial charge in [-0.1, -0.05) is 18.2 Å². The molecule has 5 heteroatoms. The van der Waals surface area contributed by atoms with E-state index in [1.807, 2.05) is 12.2 Å². The zero-order chi connectivity index (χ0) is 13.0. The number of fused-ring (bicyclic) bond motifs is 1. The van der Waals surface area contributed by atoms with Gasteiger partial charge in [0.05, 0.1) is 18.0 Å². The number of carbonyl (C=O) groups is 1. The molecule has 0 N–H and O–H groups in total. The van der Waals surface area contributed by atoms with Crippen molar-refractivity contribution >= 4 is 29.6 Å². The fourth-order valence-electron chi connectivity index (χ4n) is 1.84. The van der Waals surface area contributed by atoms with Crippen molar-refractivity contribution in [2.45, 2.75) is 6.92 Å². The third-order valence-electron chi connectivity index (χ3n) is 2.58. The molecule has 5 nitrogen and oxygen atoms in total. The highest BCUT2D eigenvalue weighted by Crippen LogP contribution is 2.33. The highest BCUT2D eigenvalue weighted by molar-refractivity contribution is 5.95. The third-order valence-corrected chi connectivity index (χ3v) is 2.58. The monoisotopic (exact) mass is 244 g/mol. The summed E-state index contributed by atoms with van der Waals surface area (Å²) in [4.78, 5) is 27.3. The molecule has 1 aliphatic heterocycles. The fourth-order valence-corrected chi connectivity index (χ4v) is 1.84. The van der Waals surface area contributed by atoms with Crippen molar-refractivity contribution in [2.75, 3.05) is 18.1 Å². The summed E-state index contributed by atoms with van der Waals surface area (Å²) in [7, 11) is 0. The normalized spacial score (nSPS) is 12.6. The van der Waals surface area contributed by atoms with Gasteiger partial charge < -0.3 is 4.74 Å². The Morgan fingerprint density at radius 3 is 3.11 bits per heavy atom. The summed E-state index contributed by atoms with van der Waals surface area (Å²) in [5.41, 5.74) is 1.90. The smallest absolute Gasteiger partial charge is 0.414 e. The van der Waals surface area contributed by atoms with Crippen LogP contribution in [0.25, 0.3) is 6.08 Å². The lowest BCUT2D eigenvalue weighted by molar-refractivity contribution is 0.160. The van der Waals surface area contributed by atoms with Crippen molar-refractivity contribution in [1.82, 2.24) is 0 Å². The van der Waals surface area contributed by atoms with E-state index in [4.69, 9.17) is 4.74 Å². The van der Waals surface area contributed by atoms with E-state index in [1.165, 1.54) is 11.0 Å². The van der Waals surface area contributed by atoms with Crippen molar-refractivity contribution in [3.63, 3.8) is 0 Å². The maximum atomic E-state index is 11.8. The summed E-state index contributed by atoms with van der Waals surface area (Å²) in [6.07, 6.45) is 4.76. The van der Waals surface area contributed by atoms with E-state index >= 15 is 0 Å². The van der Waals surface area contributed by atoms with Crippen LogP contribution in [0.4, 0.5) is 16.2 Å². The molecule has 1 aromatic carbocycles. The van der Waals surface area contributed by atoms with E-state index in [1.54, 1.807) is 25.1 Å². The molecule has 1 amide bonds. The van der Waals surface area contributed by atoms with Crippen LogP contribution in [0.15, 0.2) is 29.3 Å². The molecular weight excluding hydrogens is 232 g/mol. The molecule has 1 aliphatic rings. The average molecular weight is 244 g/mol. The lowest BCUT2D eigenvalue weighted by atomic mass is 10.1. The molecule has 0 radical (unpaired) electrons. The number of carbonyl (C=O) groups excluding carboxylic acids is 2. The van der Waals surface area contributed by atoms with Crippen molar-refractivity contribution < 1.29 is 14.3 Å². The summed E-state index contributed by atoms with van der Waals surface area (Å²) in [6.45, 7) is 2.52. The fraction of sp³-hybridized carbons (Fsp3) is 0.231. The molecule has 18 heavy (non-hydrogen) atoms. The average Bonchev–Trinajstić information content (AvgIpc) is 2.39. The van der Waals surface area contributed by atoms with E-state index in [0.717, 1.165) is 5.56 Å². The van der Waals surface area contributed by atoms with Crippen LogP contribution in [0.3, 0.4) is 0 Å². The zero-order valence-electron chi connectivity index (χ0n) is 9.92. The SMILES string of the molecule is CCOC(=O)N1CC=Cc2c(N=C=O)cccc21. The van der Waals surface area contributed by atoms with Crippen molar-refractivity contribution in [3.8, 4) is 0 Å². The molecule has 0 spiro atoms. The van der Waals surface area contributed by atoms with Gasteiger partial charge >= 0.3 is 6.09 Å². The molecule has 1 heterocycles. The number of ether oxygens (including phenoxy) is 1. The van der Waals surface area contributed by atoms with Crippen LogP contribution in [0.2, 0.25) is 0 Å². The Labute approximate surface area is 104 Å². The van der Waals surface area contributed by atoms with Crippen LogP contribution in [0.5, 0.6) is 0 Å². The van der Waals surface area contributed by atoms with Crippen LogP contribution in [0.1, 0.15) is 12.5 Å². The predicted octanol–water partition coefficient (Wildman–Crippen LogP) is 2.64. The number of amides is 1. The highest BCUT2D eigenvalue weighted by atomic mass is 16.6. The molecule has 0 fully saturated rings. The largest absolute Gasteiger partial charge is 0.449 e. The van der Waals surface area contributed by atoms with E-state index in [9.17, 15) is 9.59 Å². The highest BCUT2D eigenvalue weighted by Gasteiger charge is 2.22. The van der Waals surface area contributed by atoms with Crippen LogP contribution >= 0.6 is 0 Å². The van der Waals surface area contributed by atoms with Gasteiger partial charge in [0.2, 0.25) is 6.08 Å². The number of hydrogen-bond donors (Lipinski definition) is 0. The van der Waals surface area contributed by atoms with Crippen molar-refractivity contribution in [2.24, 2.45) is 4.99 Å². The first-order valence-corrected chi connectivity index (χ1v) is 5.59. The van der Waals surface area contributed by atoms with E-state index in [-0.39, 0.29) is 0 Å². The van der Waals surface area contributed by atoms with E-state index in [0.29, 0.717) is 24.5 Å². The Morgan fingerprint density at radius 2 is 2.39 bits per heavy atom. The summed E-state index contributed by atoms with van der Waals surface area (Å²) in [5, 5.41) is 0. The number of benzene rings is 1. The number of aliphatic imine (C=N–C) groups is 1. The second-order valence-corrected chi connectivity index (χ2v) is 3.62. The van der Waals surface area contributed by atoms with Crippen LogP contribution in [0, 0.1) is 0 Å². The van der Waals surface area contributed by atoms with Crippen LogP contribution in [-0.2, 0) is 9.53 Å². The predicted molar refractivity (Wildman–Crippen MR) is 67.6 cm³/mol. The minimum Gasteiger partial charge on any atom is -0.449 e. The molecular formula is C13H12N2O3. The van der Waals surface area contributed by atoms with Gasteiger partial charge in [0.15, 0.2) is 0 Å². The summed E-state index contributed by atoms with van der Waals surface area (Å²) < 4.78 is 4.98. The number of hydrogen-bond acceptors (Lipinski definition) is 4. The van der Waals surface area contributed by atoms with Crippen LogP contribution < -0.4 is 4.90 Å². The minimum atomic E-state index is -0.407. The molecule has 0 saturated carbocycles. The first kappa shape index (κ1) is 12.1. The number of nitrogens with zero attached hydrogens (tertiary/aromatic N) is 2. The summed E-state index contributed by atoms with van der Waals surface area (Å²) in [5.74, 6) is 0. The Bertz CT molecular complexity index is 545. The van der Waals surface area contributed by atoms with Gasteiger partial charge in [-0.3, -0.25) is 4.90 Å². The molecule has 0 aromatic heterocycles. The van der Waals surface area contributed by atoms with Gasteiger partial charge in [0.25, 0.3) is 0 Å². The molecule has 0 aliphatic carbocycles. The van der Waals surface area contributed by atoms with Gasteiger partial charge in [0, 0.05) is 12.1 Å². The molecule has 1 aromatic rings. The number of isocyanates is 1. The summed E-state index contributed by atoms with van der Waals surface area (Å²) in [6, 6.07) is 5.22. The maximum Gasteiger partial charge on any atom is 0.414 e. The Hall–Kier alpha value is -2.39. The standard InChI is InChI=1S/C13H12N2O3/c1-2-18-13(17)15-8-4-5-10-11(14-9-16)6-3-7-12(10)15/h3-7H,2,8H2,1H3.